The van der Waals surface area contributed by atoms with Gasteiger partial charge in [-0.1, -0.05) is 169 Å². The van der Waals surface area contributed by atoms with E-state index in [0.29, 0.717) is 0 Å². The van der Waals surface area contributed by atoms with Crippen LogP contribution < -0.4 is 27.3 Å². The van der Waals surface area contributed by atoms with Crippen LogP contribution in [0.25, 0.3) is 110 Å². The number of fused-ring (bicyclic) bond motifs is 5. The molecule has 0 aliphatic carbocycles. The zero-order valence-electron chi connectivity index (χ0n) is 35.8. The van der Waals surface area contributed by atoms with E-state index in [-0.39, 0.29) is 0 Å². The number of para-hydroxylation sites is 1. The van der Waals surface area contributed by atoms with Gasteiger partial charge in [0, 0.05) is 10.8 Å². The average molecular weight is 784 g/mol. The SMILES string of the molecule is Bc1c(B)c(B)c(-c2c3ccccc3c(-c3cc(-c4ccccc4)cc4oc5ccccc5c34)c3ccc(-c4ccc(-c5ccccc5)c(-c5ccccc5)c4)cc23)c(B)c1B. The Labute approximate surface area is 367 Å². The molecule has 0 N–H and O–H groups in total. The van der Waals surface area contributed by atoms with Crippen LogP contribution in [0.1, 0.15) is 0 Å². The highest BCUT2D eigenvalue weighted by atomic mass is 16.3. The van der Waals surface area contributed by atoms with Gasteiger partial charge in [0.2, 0.25) is 0 Å². The molecule has 1 heterocycles. The lowest BCUT2D eigenvalue weighted by atomic mass is 9.59. The van der Waals surface area contributed by atoms with Gasteiger partial charge in [-0.3, -0.25) is 0 Å². The molecule has 0 saturated carbocycles. The van der Waals surface area contributed by atoms with Gasteiger partial charge in [0.1, 0.15) is 50.4 Å². The molecule has 1 aromatic heterocycles. The smallest absolute Gasteiger partial charge is 0.139 e. The maximum absolute atomic E-state index is 6.73. The molecule has 0 unspecified atom stereocenters. The van der Waals surface area contributed by atoms with E-state index in [1.165, 1.54) is 104 Å². The Bertz CT molecular complexity index is 3530. The fourth-order valence-corrected chi connectivity index (χ4v) is 10.1. The normalized spacial score (nSPS) is 11.5. The summed E-state index contributed by atoms with van der Waals surface area (Å²) in [6.07, 6.45) is 0. The molecule has 11 rings (SSSR count). The number of benzene rings is 10. The third-order valence-corrected chi connectivity index (χ3v) is 13.7. The largest absolute Gasteiger partial charge is 0.456 e. The van der Waals surface area contributed by atoms with E-state index in [1.54, 1.807) is 0 Å². The lowest BCUT2D eigenvalue weighted by Crippen LogP contribution is -2.55. The Morgan fingerprint density at radius 3 is 1.40 bits per heavy atom. The summed E-state index contributed by atoms with van der Waals surface area (Å²) in [5.41, 5.74) is 23.1. The molecular weight excluding hydrogens is 743 g/mol. The van der Waals surface area contributed by atoms with Crippen LogP contribution in [0.15, 0.2) is 192 Å². The van der Waals surface area contributed by atoms with Gasteiger partial charge in [0.25, 0.3) is 0 Å². The first kappa shape index (κ1) is 37.8. The Kier molecular flexibility index (Phi) is 9.20. The summed E-state index contributed by atoms with van der Waals surface area (Å²) >= 11 is 0. The van der Waals surface area contributed by atoms with Crippen molar-refractivity contribution in [2.45, 2.75) is 0 Å². The number of hydrogen-bond donors (Lipinski definition) is 0. The molecular formula is C56H41B5O. The molecule has 0 atom stereocenters. The molecule has 0 aliphatic rings. The first-order valence-electron chi connectivity index (χ1n) is 21.7. The summed E-state index contributed by atoms with van der Waals surface area (Å²) in [6, 6.07) is 68.7. The van der Waals surface area contributed by atoms with Gasteiger partial charge < -0.3 is 4.42 Å². The molecule has 0 amide bonds. The molecule has 0 radical (unpaired) electrons. The minimum absolute atomic E-state index is 0.893. The predicted octanol–water partition coefficient (Wildman–Crippen LogP) is 7.19. The van der Waals surface area contributed by atoms with Crippen molar-refractivity contribution in [2.24, 2.45) is 0 Å². The first-order chi connectivity index (χ1) is 30.4. The maximum atomic E-state index is 6.73. The second-order valence-corrected chi connectivity index (χ2v) is 16.9. The molecule has 0 spiro atoms. The van der Waals surface area contributed by atoms with Crippen LogP contribution in [-0.2, 0) is 0 Å². The van der Waals surface area contributed by atoms with Crippen molar-refractivity contribution in [1.82, 2.24) is 0 Å². The van der Waals surface area contributed by atoms with Crippen LogP contribution in [0, 0.1) is 0 Å². The lowest BCUT2D eigenvalue weighted by Gasteiger charge is -2.25. The van der Waals surface area contributed by atoms with Gasteiger partial charge >= 0.3 is 0 Å². The van der Waals surface area contributed by atoms with Gasteiger partial charge in [-0.15, -0.1) is 16.4 Å². The van der Waals surface area contributed by atoms with E-state index in [2.05, 4.69) is 227 Å². The molecule has 0 fully saturated rings. The van der Waals surface area contributed by atoms with Crippen LogP contribution >= 0.6 is 0 Å². The fraction of sp³-hybridized carbons (Fsp3) is 0. The second-order valence-electron chi connectivity index (χ2n) is 16.9. The summed E-state index contributed by atoms with van der Waals surface area (Å²) in [5, 5.41) is 7.20. The highest BCUT2D eigenvalue weighted by Gasteiger charge is 2.24. The lowest BCUT2D eigenvalue weighted by molar-refractivity contribution is 0.669. The zero-order chi connectivity index (χ0) is 42.1. The minimum Gasteiger partial charge on any atom is -0.456 e. The van der Waals surface area contributed by atoms with Gasteiger partial charge in [-0.25, -0.2) is 0 Å². The van der Waals surface area contributed by atoms with Gasteiger partial charge in [-0.05, 0) is 119 Å². The first-order valence-corrected chi connectivity index (χ1v) is 21.7. The third kappa shape index (κ3) is 6.08. The molecule has 0 aliphatic heterocycles. The van der Waals surface area contributed by atoms with Crippen LogP contribution in [0.3, 0.4) is 0 Å². The Morgan fingerprint density at radius 1 is 0.258 bits per heavy atom. The van der Waals surface area contributed by atoms with Gasteiger partial charge in [0.15, 0.2) is 0 Å². The molecule has 6 heteroatoms. The molecule has 1 nitrogen and oxygen atoms in total. The average Bonchev–Trinajstić information content (AvgIpc) is 3.72. The number of rotatable bonds is 6. The van der Waals surface area contributed by atoms with E-state index < -0.39 is 0 Å². The van der Waals surface area contributed by atoms with Gasteiger partial charge in [-0.2, -0.15) is 0 Å². The summed E-state index contributed by atoms with van der Waals surface area (Å²) in [5.74, 6) is 0. The molecule has 11 aromatic rings. The van der Waals surface area contributed by atoms with Gasteiger partial charge in [0.05, 0.1) is 0 Å². The number of furan rings is 1. The van der Waals surface area contributed by atoms with E-state index in [9.17, 15) is 0 Å². The van der Waals surface area contributed by atoms with Crippen LogP contribution in [0.2, 0.25) is 0 Å². The van der Waals surface area contributed by atoms with Crippen LogP contribution in [0.4, 0.5) is 0 Å². The quantitative estimate of drug-likeness (QED) is 0.129. The second kappa shape index (κ2) is 15.1. The fourth-order valence-electron chi connectivity index (χ4n) is 10.1. The van der Waals surface area contributed by atoms with Crippen LogP contribution in [-0.4, -0.2) is 39.2 Å². The molecule has 62 heavy (non-hydrogen) atoms. The Hall–Kier alpha value is -7.16. The van der Waals surface area contributed by atoms with Crippen LogP contribution in [0.5, 0.6) is 0 Å². The van der Waals surface area contributed by atoms with Crippen molar-refractivity contribution in [1.29, 1.82) is 0 Å². The van der Waals surface area contributed by atoms with E-state index in [4.69, 9.17) is 4.42 Å². The topological polar surface area (TPSA) is 13.1 Å². The summed E-state index contributed by atoms with van der Waals surface area (Å²) < 4.78 is 6.73. The minimum atomic E-state index is 0.893. The Balaban J connectivity index is 1.28. The van der Waals surface area contributed by atoms with E-state index >= 15 is 0 Å². The zero-order valence-corrected chi connectivity index (χ0v) is 35.8. The maximum Gasteiger partial charge on any atom is 0.139 e. The van der Waals surface area contributed by atoms with Crippen molar-refractivity contribution in [3.63, 3.8) is 0 Å². The predicted molar refractivity (Wildman–Crippen MR) is 282 cm³/mol. The van der Waals surface area contributed by atoms with E-state index in [1.807, 2.05) is 0 Å². The summed E-state index contributed by atoms with van der Waals surface area (Å²) in [6.45, 7) is 0. The summed E-state index contributed by atoms with van der Waals surface area (Å²) in [4.78, 5) is 0. The monoisotopic (exact) mass is 784 g/mol. The molecule has 0 bridgehead atoms. The van der Waals surface area contributed by atoms with Crippen molar-refractivity contribution in [2.75, 3.05) is 0 Å². The molecule has 10 aromatic carbocycles. The molecule has 286 valence electrons. The standard InChI is InChI=1S/C56H41B5O/c57-52-51(53(58)55(60)56(61)54(52)59)50-40-21-11-10-20-39(40)48(45-30-37(32-14-4-1-5-15-32)31-47-49(45)42-22-12-13-23-46(42)62-47)41-27-25-36(29-44(41)50)35-24-26-38(33-16-6-2-7-17-33)43(28-35)34-18-8-3-9-19-34/h1-31H,57-61H2. The molecule has 0 saturated heterocycles. The van der Waals surface area contributed by atoms with Crippen molar-refractivity contribution in [3.05, 3.63) is 188 Å². The number of hydrogen-bond acceptors (Lipinski definition) is 1. The van der Waals surface area contributed by atoms with Crippen molar-refractivity contribution in [3.8, 4) is 66.8 Å². The van der Waals surface area contributed by atoms with E-state index in [0.717, 1.165) is 33.1 Å². The van der Waals surface area contributed by atoms with Crippen molar-refractivity contribution < 1.29 is 4.42 Å². The highest BCUT2D eigenvalue weighted by molar-refractivity contribution is 6.69. The third-order valence-electron chi connectivity index (χ3n) is 13.7. The van der Waals surface area contributed by atoms with Crippen molar-refractivity contribution >= 4 is 110 Å². The Morgan fingerprint density at radius 2 is 0.742 bits per heavy atom. The summed E-state index contributed by atoms with van der Waals surface area (Å²) in [7, 11) is 11.5. The highest BCUT2D eigenvalue weighted by Crippen LogP contribution is 2.49.